The summed E-state index contributed by atoms with van der Waals surface area (Å²) < 4.78 is 0. The van der Waals surface area contributed by atoms with Crippen molar-refractivity contribution >= 4 is 17.6 Å². The standard InChI is InChI=1S/C14H17N3O4/c1-15-12(19)5-6-16-13(20)9-7-8-10(17-14(9)21)3-2-4-11(8)18/h7H,2-6H2,1H3,(H,15,19)(H,16,20)(H,17,21). The van der Waals surface area contributed by atoms with Crippen LogP contribution in [0.1, 0.15) is 45.7 Å². The summed E-state index contributed by atoms with van der Waals surface area (Å²) in [6.07, 6.45) is 1.90. The van der Waals surface area contributed by atoms with Gasteiger partial charge in [-0.15, -0.1) is 0 Å². The van der Waals surface area contributed by atoms with Crippen LogP contribution in [0.15, 0.2) is 10.9 Å². The Morgan fingerprint density at radius 1 is 1.29 bits per heavy atom. The first-order valence-corrected chi connectivity index (χ1v) is 6.81. The molecule has 112 valence electrons. The molecule has 0 spiro atoms. The number of carbonyl (C=O) groups is 3. The van der Waals surface area contributed by atoms with Crippen molar-refractivity contribution in [3.8, 4) is 0 Å². The molecule has 1 aromatic rings. The molecule has 0 radical (unpaired) electrons. The average Bonchev–Trinajstić information content (AvgIpc) is 2.46. The Balaban J connectivity index is 2.14. The Morgan fingerprint density at radius 2 is 2.05 bits per heavy atom. The molecule has 0 atom stereocenters. The van der Waals surface area contributed by atoms with Gasteiger partial charge in [-0.2, -0.15) is 0 Å². The number of nitrogens with one attached hydrogen (secondary N) is 3. The molecule has 7 heteroatoms. The molecule has 1 aliphatic rings. The van der Waals surface area contributed by atoms with Crippen molar-refractivity contribution in [2.45, 2.75) is 25.7 Å². The highest BCUT2D eigenvalue weighted by Crippen LogP contribution is 2.18. The first-order valence-electron chi connectivity index (χ1n) is 6.81. The van der Waals surface area contributed by atoms with Crippen LogP contribution in [-0.4, -0.2) is 36.2 Å². The van der Waals surface area contributed by atoms with Gasteiger partial charge in [0.05, 0.1) is 0 Å². The lowest BCUT2D eigenvalue weighted by Crippen LogP contribution is -2.34. The number of carbonyl (C=O) groups excluding carboxylic acids is 3. The van der Waals surface area contributed by atoms with Gasteiger partial charge in [0.2, 0.25) is 5.91 Å². The molecular weight excluding hydrogens is 274 g/mol. The molecule has 0 saturated carbocycles. The highest BCUT2D eigenvalue weighted by Gasteiger charge is 2.21. The molecule has 2 rings (SSSR count). The maximum absolute atomic E-state index is 12.0. The van der Waals surface area contributed by atoms with E-state index in [0.717, 1.165) is 0 Å². The maximum atomic E-state index is 12.0. The van der Waals surface area contributed by atoms with Gasteiger partial charge in [0.15, 0.2) is 5.78 Å². The van der Waals surface area contributed by atoms with Crippen molar-refractivity contribution in [2.75, 3.05) is 13.6 Å². The fraction of sp³-hybridized carbons (Fsp3) is 0.429. The molecule has 0 unspecified atom stereocenters. The van der Waals surface area contributed by atoms with Gasteiger partial charge >= 0.3 is 0 Å². The number of aryl methyl sites for hydroxylation is 1. The van der Waals surface area contributed by atoms with E-state index in [0.29, 0.717) is 30.5 Å². The number of Topliss-reactive ketones (excluding diaryl/α,β-unsaturated/α-hetero) is 1. The minimum atomic E-state index is -0.582. The van der Waals surface area contributed by atoms with Crippen LogP contribution in [0.25, 0.3) is 0 Å². The lowest BCUT2D eigenvalue weighted by molar-refractivity contribution is -0.120. The molecule has 0 aliphatic heterocycles. The van der Waals surface area contributed by atoms with E-state index >= 15 is 0 Å². The minimum absolute atomic E-state index is 0.0630. The SMILES string of the molecule is CNC(=O)CCNC(=O)c1cc2c([nH]c1=O)CCCC2=O. The van der Waals surface area contributed by atoms with Crippen molar-refractivity contribution in [2.24, 2.45) is 0 Å². The minimum Gasteiger partial charge on any atom is -0.359 e. The number of fused-ring (bicyclic) bond motifs is 1. The largest absolute Gasteiger partial charge is 0.359 e. The van der Waals surface area contributed by atoms with Crippen molar-refractivity contribution in [1.29, 1.82) is 0 Å². The number of rotatable bonds is 4. The lowest BCUT2D eigenvalue weighted by Gasteiger charge is -2.15. The second-order valence-corrected chi connectivity index (χ2v) is 4.86. The van der Waals surface area contributed by atoms with Gasteiger partial charge < -0.3 is 15.6 Å². The van der Waals surface area contributed by atoms with Crippen LogP contribution < -0.4 is 16.2 Å². The fourth-order valence-electron chi connectivity index (χ4n) is 2.25. The van der Waals surface area contributed by atoms with E-state index in [1.807, 2.05) is 0 Å². The van der Waals surface area contributed by atoms with E-state index < -0.39 is 11.5 Å². The van der Waals surface area contributed by atoms with Gasteiger partial charge in [-0.3, -0.25) is 19.2 Å². The van der Waals surface area contributed by atoms with Crippen LogP contribution in [-0.2, 0) is 11.2 Å². The summed E-state index contributed by atoms with van der Waals surface area (Å²) in [5.74, 6) is -0.849. The Hall–Kier alpha value is -2.44. The number of ketones is 1. The molecule has 7 nitrogen and oxygen atoms in total. The summed E-state index contributed by atoms with van der Waals surface area (Å²) in [5, 5.41) is 4.93. The van der Waals surface area contributed by atoms with Crippen molar-refractivity contribution in [3.63, 3.8) is 0 Å². The van der Waals surface area contributed by atoms with Crippen LogP contribution in [0.2, 0.25) is 0 Å². The Kier molecular flexibility index (Phi) is 4.52. The molecule has 1 aliphatic carbocycles. The second kappa shape index (κ2) is 6.34. The summed E-state index contributed by atoms with van der Waals surface area (Å²) in [4.78, 5) is 49.3. The maximum Gasteiger partial charge on any atom is 0.261 e. The third-order valence-corrected chi connectivity index (χ3v) is 3.41. The first kappa shape index (κ1) is 15.0. The van der Waals surface area contributed by atoms with E-state index in [1.165, 1.54) is 13.1 Å². The summed E-state index contributed by atoms with van der Waals surface area (Å²) in [6, 6.07) is 1.35. The predicted octanol–water partition coefficient (Wildman–Crippen LogP) is -0.240. The van der Waals surface area contributed by atoms with Gasteiger partial charge in [-0.25, -0.2) is 0 Å². The smallest absolute Gasteiger partial charge is 0.261 e. The monoisotopic (exact) mass is 291 g/mol. The van der Waals surface area contributed by atoms with Gasteiger partial charge in [-0.05, 0) is 18.9 Å². The zero-order valence-corrected chi connectivity index (χ0v) is 11.7. The number of hydrogen-bond donors (Lipinski definition) is 3. The van der Waals surface area contributed by atoms with Crippen molar-refractivity contribution < 1.29 is 14.4 Å². The molecule has 3 N–H and O–H groups in total. The van der Waals surface area contributed by atoms with E-state index in [-0.39, 0.29) is 30.2 Å². The van der Waals surface area contributed by atoms with Gasteiger partial charge in [0.25, 0.3) is 11.5 Å². The molecule has 1 heterocycles. The van der Waals surface area contributed by atoms with E-state index in [9.17, 15) is 19.2 Å². The van der Waals surface area contributed by atoms with Gasteiger partial charge in [0, 0.05) is 37.7 Å². The lowest BCUT2D eigenvalue weighted by atomic mass is 9.93. The van der Waals surface area contributed by atoms with Crippen LogP contribution in [0.5, 0.6) is 0 Å². The van der Waals surface area contributed by atoms with Crippen LogP contribution in [0.4, 0.5) is 0 Å². The number of H-pyrrole nitrogens is 1. The van der Waals surface area contributed by atoms with Crippen LogP contribution in [0.3, 0.4) is 0 Å². The third-order valence-electron chi connectivity index (χ3n) is 3.41. The fourth-order valence-corrected chi connectivity index (χ4v) is 2.25. The number of amides is 2. The molecule has 21 heavy (non-hydrogen) atoms. The second-order valence-electron chi connectivity index (χ2n) is 4.86. The van der Waals surface area contributed by atoms with E-state index in [1.54, 1.807) is 0 Å². The molecule has 0 fully saturated rings. The topological polar surface area (TPSA) is 108 Å². The Bertz CT molecular complexity index is 648. The summed E-state index contributed by atoms with van der Waals surface area (Å²) in [5.41, 5.74) is 0.400. The zero-order valence-electron chi connectivity index (χ0n) is 11.7. The van der Waals surface area contributed by atoms with Gasteiger partial charge in [-0.1, -0.05) is 0 Å². The molecule has 0 bridgehead atoms. The molecular formula is C14H17N3O4. The van der Waals surface area contributed by atoms with Crippen molar-refractivity contribution in [3.05, 3.63) is 33.2 Å². The molecule has 1 aromatic heterocycles. The summed E-state index contributed by atoms with van der Waals surface area (Å²) in [6.45, 7) is 0.128. The molecule has 2 amide bonds. The van der Waals surface area contributed by atoms with Crippen molar-refractivity contribution in [1.82, 2.24) is 15.6 Å². The summed E-state index contributed by atoms with van der Waals surface area (Å²) in [7, 11) is 1.50. The highest BCUT2D eigenvalue weighted by molar-refractivity contribution is 6.01. The number of aromatic amines is 1. The van der Waals surface area contributed by atoms with Crippen LogP contribution in [0, 0.1) is 0 Å². The molecule has 0 aromatic carbocycles. The Morgan fingerprint density at radius 3 is 2.76 bits per heavy atom. The number of hydrogen-bond acceptors (Lipinski definition) is 4. The molecule has 0 saturated heterocycles. The third kappa shape index (κ3) is 3.36. The highest BCUT2D eigenvalue weighted by atomic mass is 16.2. The quantitative estimate of drug-likeness (QED) is 0.711. The summed E-state index contributed by atoms with van der Waals surface area (Å²) >= 11 is 0. The first-order chi connectivity index (χ1) is 10.0. The van der Waals surface area contributed by atoms with E-state index in [4.69, 9.17) is 0 Å². The number of pyridine rings is 1. The van der Waals surface area contributed by atoms with E-state index in [2.05, 4.69) is 15.6 Å². The van der Waals surface area contributed by atoms with Gasteiger partial charge in [0.1, 0.15) is 5.56 Å². The normalized spacial score (nSPS) is 13.5. The Labute approximate surface area is 121 Å². The average molecular weight is 291 g/mol. The van der Waals surface area contributed by atoms with Crippen LogP contribution >= 0.6 is 0 Å². The number of aromatic nitrogens is 1. The zero-order chi connectivity index (χ0) is 15.4. The predicted molar refractivity (Wildman–Crippen MR) is 75.3 cm³/mol.